The van der Waals surface area contributed by atoms with E-state index in [2.05, 4.69) is 4.98 Å². The molecule has 2 aromatic heterocycles. The highest BCUT2D eigenvalue weighted by Crippen LogP contribution is 2.05. The second-order valence-corrected chi connectivity index (χ2v) is 5.05. The molecule has 5 heteroatoms. The zero-order valence-electron chi connectivity index (χ0n) is 11.3. The zero-order valence-corrected chi connectivity index (χ0v) is 11.3. The first-order valence-electron chi connectivity index (χ1n) is 6.88. The quantitative estimate of drug-likeness (QED) is 0.869. The highest BCUT2D eigenvalue weighted by Gasteiger charge is 2.25. The van der Waals surface area contributed by atoms with Crippen molar-refractivity contribution in [3.05, 3.63) is 54.2 Å². The third-order valence-corrected chi connectivity index (χ3v) is 3.69. The number of nitrogens with zero attached hydrogens (tertiary/aromatic N) is 2. The Morgan fingerprint density at radius 1 is 1.25 bits per heavy atom. The van der Waals surface area contributed by atoms with Crippen LogP contribution >= 0.6 is 0 Å². The van der Waals surface area contributed by atoms with Gasteiger partial charge in [-0.2, -0.15) is 0 Å². The van der Waals surface area contributed by atoms with Crippen LogP contribution in [-0.4, -0.2) is 42.0 Å². The zero-order chi connectivity index (χ0) is 13.8. The van der Waals surface area contributed by atoms with Crippen molar-refractivity contribution in [2.75, 3.05) is 26.2 Å². The molecular formula is C15H18N3O2+. The molecule has 1 aliphatic rings. The van der Waals surface area contributed by atoms with Crippen LogP contribution in [0.4, 0.5) is 0 Å². The van der Waals surface area contributed by atoms with E-state index in [-0.39, 0.29) is 5.91 Å². The lowest BCUT2D eigenvalue weighted by molar-refractivity contribution is -0.917. The molecular weight excluding hydrogens is 254 g/mol. The predicted molar refractivity (Wildman–Crippen MR) is 73.2 cm³/mol. The van der Waals surface area contributed by atoms with E-state index >= 15 is 0 Å². The first-order valence-corrected chi connectivity index (χ1v) is 6.88. The third kappa shape index (κ3) is 2.88. The van der Waals surface area contributed by atoms with Crippen LogP contribution in [0.2, 0.25) is 0 Å². The maximum Gasteiger partial charge on any atom is 0.289 e. The van der Waals surface area contributed by atoms with Crippen molar-refractivity contribution in [1.82, 2.24) is 9.88 Å². The number of carbonyl (C=O) groups excluding carboxylic acids is 1. The van der Waals surface area contributed by atoms with Gasteiger partial charge >= 0.3 is 0 Å². The summed E-state index contributed by atoms with van der Waals surface area (Å²) >= 11 is 0. The van der Waals surface area contributed by atoms with Gasteiger partial charge < -0.3 is 14.2 Å². The second kappa shape index (κ2) is 5.88. The Balaban J connectivity index is 1.53. The number of furan rings is 1. The molecule has 0 aromatic carbocycles. The van der Waals surface area contributed by atoms with Crippen molar-refractivity contribution in [2.45, 2.75) is 6.54 Å². The van der Waals surface area contributed by atoms with Crippen molar-refractivity contribution < 1.29 is 14.1 Å². The standard InChI is InChI=1S/C15H17N3O2/c19-15(14-2-1-11-20-14)18-9-7-17(8-10-18)12-13-3-5-16-6-4-13/h1-6,11H,7-10,12H2/p+1. The topological polar surface area (TPSA) is 50.8 Å². The number of piperazine rings is 1. The summed E-state index contributed by atoms with van der Waals surface area (Å²) in [4.78, 5) is 19.5. The van der Waals surface area contributed by atoms with Crippen molar-refractivity contribution >= 4 is 5.91 Å². The summed E-state index contributed by atoms with van der Waals surface area (Å²) in [5.74, 6) is 0.431. The number of rotatable bonds is 3. The van der Waals surface area contributed by atoms with E-state index in [4.69, 9.17) is 4.42 Å². The van der Waals surface area contributed by atoms with E-state index in [1.807, 2.05) is 29.4 Å². The van der Waals surface area contributed by atoms with Crippen LogP contribution in [-0.2, 0) is 6.54 Å². The fraction of sp³-hybridized carbons (Fsp3) is 0.333. The minimum atomic E-state index is -0.00189. The fourth-order valence-electron chi connectivity index (χ4n) is 2.55. The van der Waals surface area contributed by atoms with Gasteiger partial charge in [-0.25, -0.2) is 0 Å². The molecule has 0 radical (unpaired) electrons. The predicted octanol–water partition coefficient (Wildman–Crippen LogP) is 0.215. The molecule has 1 N–H and O–H groups in total. The van der Waals surface area contributed by atoms with Gasteiger partial charge in [-0.15, -0.1) is 0 Å². The summed E-state index contributed by atoms with van der Waals surface area (Å²) in [5.41, 5.74) is 1.29. The Labute approximate surface area is 117 Å². The largest absolute Gasteiger partial charge is 0.459 e. The highest BCUT2D eigenvalue weighted by atomic mass is 16.3. The molecule has 1 amide bonds. The van der Waals surface area contributed by atoms with Crippen LogP contribution in [0.1, 0.15) is 16.1 Å². The van der Waals surface area contributed by atoms with Crippen LogP contribution in [0.25, 0.3) is 0 Å². The fourth-order valence-corrected chi connectivity index (χ4v) is 2.55. The van der Waals surface area contributed by atoms with Crippen LogP contribution in [0, 0.1) is 0 Å². The minimum Gasteiger partial charge on any atom is -0.459 e. The maximum atomic E-state index is 12.1. The molecule has 3 heterocycles. The summed E-state index contributed by atoms with van der Waals surface area (Å²) in [7, 11) is 0. The van der Waals surface area contributed by atoms with Gasteiger partial charge in [-0.05, 0) is 24.3 Å². The molecule has 1 aliphatic heterocycles. The molecule has 0 bridgehead atoms. The molecule has 1 saturated heterocycles. The summed E-state index contributed by atoms with van der Waals surface area (Å²) in [6.45, 7) is 4.48. The Morgan fingerprint density at radius 2 is 2.00 bits per heavy atom. The molecule has 104 valence electrons. The number of aromatic nitrogens is 1. The number of hydrogen-bond donors (Lipinski definition) is 1. The third-order valence-electron chi connectivity index (χ3n) is 3.69. The Bertz CT molecular complexity index is 546. The SMILES string of the molecule is O=C(c1ccco1)N1CC[NH+](Cc2ccncc2)CC1. The number of amides is 1. The van der Waals surface area contributed by atoms with E-state index in [0.29, 0.717) is 5.76 Å². The van der Waals surface area contributed by atoms with E-state index in [9.17, 15) is 4.79 Å². The normalized spacial score (nSPS) is 16.3. The van der Waals surface area contributed by atoms with E-state index in [1.54, 1.807) is 12.1 Å². The molecule has 20 heavy (non-hydrogen) atoms. The smallest absolute Gasteiger partial charge is 0.289 e. The van der Waals surface area contributed by atoms with Gasteiger partial charge in [-0.1, -0.05) is 0 Å². The monoisotopic (exact) mass is 272 g/mol. The maximum absolute atomic E-state index is 12.1. The van der Waals surface area contributed by atoms with Crippen LogP contribution in [0.5, 0.6) is 0 Å². The molecule has 0 atom stereocenters. The molecule has 0 aliphatic carbocycles. The summed E-state index contributed by atoms with van der Waals surface area (Å²) in [6.07, 6.45) is 5.19. The van der Waals surface area contributed by atoms with Crippen molar-refractivity contribution in [3.63, 3.8) is 0 Å². The molecule has 5 nitrogen and oxygen atoms in total. The van der Waals surface area contributed by atoms with Gasteiger partial charge in [0.15, 0.2) is 5.76 Å². The first kappa shape index (κ1) is 12.9. The van der Waals surface area contributed by atoms with Crippen molar-refractivity contribution in [1.29, 1.82) is 0 Å². The minimum absolute atomic E-state index is 0.00189. The van der Waals surface area contributed by atoms with Gasteiger partial charge in [0.05, 0.1) is 32.4 Å². The Hall–Kier alpha value is -2.14. The number of nitrogens with one attached hydrogen (secondary N) is 1. The molecule has 0 unspecified atom stereocenters. The van der Waals surface area contributed by atoms with Crippen LogP contribution < -0.4 is 4.90 Å². The number of carbonyl (C=O) groups is 1. The first-order chi connectivity index (χ1) is 9.83. The van der Waals surface area contributed by atoms with Gasteiger partial charge in [0.25, 0.3) is 5.91 Å². The second-order valence-electron chi connectivity index (χ2n) is 5.05. The van der Waals surface area contributed by atoms with Crippen LogP contribution in [0.3, 0.4) is 0 Å². The van der Waals surface area contributed by atoms with Gasteiger partial charge in [-0.3, -0.25) is 9.78 Å². The van der Waals surface area contributed by atoms with Gasteiger partial charge in [0.1, 0.15) is 6.54 Å². The summed E-state index contributed by atoms with van der Waals surface area (Å²) in [5, 5.41) is 0. The number of quaternary nitrogens is 1. The lowest BCUT2D eigenvalue weighted by atomic mass is 10.2. The average Bonchev–Trinajstić information content (AvgIpc) is 3.03. The molecule has 0 spiro atoms. The Morgan fingerprint density at radius 3 is 2.65 bits per heavy atom. The Kier molecular flexibility index (Phi) is 3.78. The lowest BCUT2D eigenvalue weighted by Crippen LogP contribution is -3.13. The van der Waals surface area contributed by atoms with Crippen LogP contribution in [0.15, 0.2) is 47.3 Å². The van der Waals surface area contributed by atoms with Crippen molar-refractivity contribution in [3.8, 4) is 0 Å². The summed E-state index contributed by atoms with van der Waals surface area (Å²) < 4.78 is 5.17. The van der Waals surface area contributed by atoms with Gasteiger partial charge in [0.2, 0.25) is 0 Å². The lowest BCUT2D eigenvalue weighted by Gasteiger charge is -2.31. The molecule has 1 fully saturated rings. The van der Waals surface area contributed by atoms with E-state index in [1.165, 1.54) is 16.7 Å². The molecule has 0 saturated carbocycles. The highest BCUT2D eigenvalue weighted by molar-refractivity contribution is 5.91. The molecule has 2 aromatic rings. The van der Waals surface area contributed by atoms with Gasteiger partial charge in [0, 0.05) is 18.0 Å². The van der Waals surface area contributed by atoms with Crippen molar-refractivity contribution in [2.24, 2.45) is 0 Å². The van der Waals surface area contributed by atoms with E-state index < -0.39 is 0 Å². The molecule has 3 rings (SSSR count). The number of pyridine rings is 1. The van der Waals surface area contributed by atoms with E-state index in [0.717, 1.165) is 32.7 Å². The average molecular weight is 272 g/mol. The summed E-state index contributed by atoms with van der Waals surface area (Å²) in [6, 6.07) is 7.57. The number of hydrogen-bond acceptors (Lipinski definition) is 3.